The molecule has 0 radical (unpaired) electrons. The van der Waals surface area contributed by atoms with E-state index in [2.05, 4.69) is 4.74 Å². The smallest absolute Gasteiger partial charge is 0.450 e. The Morgan fingerprint density at radius 2 is 1.69 bits per heavy atom. The third-order valence-electron chi connectivity index (χ3n) is 5.49. The molecule has 2 aliphatic carbocycles. The predicted octanol–water partition coefficient (Wildman–Crippen LogP) is 3.13. The van der Waals surface area contributed by atoms with Gasteiger partial charge in [0.05, 0.1) is 0 Å². The summed E-state index contributed by atoms with van der Waals surface area (Å²) in [5, 5.41) is 0. The summed E-state index contributed by atoms with van der Waals surface area (Å²) in [4.78, 5) is 22.8. The first-order valence-corrected chi connectivity index (χ1v) is 7.94. The molecule has 2 bridgehead atoms. The summed E-state index contributed by atoms with van der Waals surface area (Å²) >= 11 is 0. The molecular formula is C16H17F5O5. The molecule has 1 saturated carbocycles. The van der Waals surface area contributed by atoms with Crippen LogP contribution in [0.4, 0.5) is 22.0 Å². The molecule has 5 nitrogen and oxygen atoms in total. The van der Waals surface area contributed by atoms with Gasteiger partial charge in [-0.1, -0.05) is 12.2 Å². The fourth-order valence-corrected chi connectivity index (χ4v) is 4.50. The van der Waals surface area contributed by atoms with Crippen LogP contribution < -0.4 is 0 Å². The summed E-state index contributed by atoms with van der Waals surface area (Å²) in [6.45, 7) is 2.10. The van der Waals surface area contributed by atoms with Gasteiger partial charge in [-0.15, -0.1) is 0 Å². The van der Waals surface area contributed by atoms with Gasteiger partial charge in [-0.2, -0.15) is 22.0 Å². The Labute approximate surface area is 145 Å². The SMILES string of the molecule is CC(=O)OC1(C)C2(CC3C=CC2C3)OC(OC(C)=O)(C(F)(F)F)C1(F)F. The van der Waals surface area contributed by atoms with Gasteiger partial charge in [0.2, 0.25) is 5.60 Å². The lowest BCUT2D eigenvalue weighted by molar-refractivity contribution is -0.416. The van der Waals surface area contributed by atoms with Crippen LogP contribution in [0.25, 0.3) is 0 Å². The van der Waals surface area contributed by atoms with Gasteiger partial charge in [-0.3, -0.25) is 9.59 Å². The van der Waals surface area contributed by atoms with E-state index in [1.165, 1.54) is 6.08 Å². The fourth-order valence-electron chi connectivity index (χ4n) is 4.50. The largest absolute Gasteiger partial charge is 0.462 e. The van der Waals surface area contributed by atoms with Crippen LogP contribution in [0.3, 0.4) is 0 Å². The number of carbonyl (C=O) groups excluding carboxylic acids is 2. The summed E-state index contributed by atoms with van der Waals surface area (Å²) in [7, 11) is 0. The third-order valence-corrected chi connectivity index (χ3v) is 5.49. The van der Waals surface area contributed by atoms with Crippen molar-refractivity contribution in [3.8, 4) is 0 Å². The van der Waals surface area contributed by atoms with Crippen molar-refractivity contribution >= 4 is 11.9 Å². The molecule has 3 aliphatic rings. The molecule has 2 fully saturated rings. The van der Waals surface area contributed by atoms with E-state index in [0.29, 0.717) is 13.8 Å². The number of hydrogen-bond donors (Lipinski definition) is 0. The quantitative estimate of drug-likeness (QED) is 0.416. The second-order valence-electron chi connectivity index (χ2n) is 7.09. The highest BCUT2D eigenvalue weighted by molar-refractivity contribution is 5.68. The summed E-state index contributed by atoms with van der Waals surface area (Å²) in [6.07, 6.45) is -2.52. The van der Waals surface area contributed by atoms with Crippen molar-refractivity contribution in [1.29, 1.82) is 0 Å². The van der Waals surface area contributed by atoms with Gasteiger partial charge >= 0.3 is 29.8 Å². The van der Waals surface area contributed by atoms with Crippen LogP contribution >= 0.6 is 0 Å². The minimum absolute atomic E-state index is 0.216. The van der Waals surface area contributed by atoms with Gasteiger partial charge in [0.25, 0.3) is 0 Å². The van der Waals surface area contributed by atoms with E-state index in [4.69, 9.17) is 9.47 Å². The number of carbonyl (C=O) groups is 2. The predicted molar refractivity (Wildman–Crippen MR) is 74.8 cm³/mol. The number of ether oxygens (including phenoxy) is 3. The van der Waals surface area contributed by atoms with Crippen molar-refractivity contribution in [3.63, 3.8) is 0 Å². The van der Waals surface area contributed by atoms with Crippen molar-refractivity contribution in [1.82, 2.24) is 0 Å². The number of halogens is 5. The second kappa shape index (κ2) is 5.17. The molecule has 10 heteroatoms. The number of esters is 2. The Morgan fingerprint density at radius 1 is 1.12 bits per heavy atom. The highest BCUT2D eigenvalue weighted by Gasteiger charge is 2.93. The summed E-state index contributed by atoms with van der Waals surface area (Å²) in [5.41, 5.74) is -5.16. The zero-order valence-electron chi connectivity index (χ0n) is 14.2. The lowest BCUT2D eigenvalue weighted by atomic mass is 9.72. The number of fused-ring (bicyclic) bond motifs is 3. The van der Waals surface area contributed by atoms with Crippen LogP contribution in [0, 0.1) is 11.8 Å². The molecule has 0 N–H and O–H groups in total. The minimum Gasteiger partial charge on any atom is -0.450 e. The molecule has 0 amide bonds. The fraction of sp³-hybridized carbons (Fsp3) is 0.750. The first-order valence-electron chi connectivity index (χ1n) is 7.94. The minimum atomic E-state index is -5.77. The van der Waals surface area contributed by atoms with Gasteiger partial charge in [-0.05, 0) is 25.7 Å². The van der Waals surface area contributed by atoms with Crippen molar-refractivity contribution in [3.05, 3.63) is 12.2 Å². The zero-order valence-corrected chi connectivity index (χ0v) is 14.2. The van der Waals surface area contributed by atoms with Gasteiger partial charge in [0.15, 0.2) is 0 Å². The van der Waals surface area contributed by atoms with Gasteiger partial charge in [0.1, 0.15) is 5.60 Å². The second-order valence-corrected chi connectivity index (χ2v) is 7.09. The number of alkyl halides is 5. The van der Waals surface area contributed by atoms with E-state index < -0.39 is 46.9 Å². The first-order chi connectivity index (χ1) is 11.7. The van der Waals surface area contributed by atoms with Gasteiger partial charge < -0.3 is 14.2 Å². The summed E-state index contributed by atoms with van der Waals surface area (Å²) in [5.74, 6) is -13.4. The van der Waals surface area contributed by atoms with Crippen molar-refractivity contribution < 1.29 is 45.8 Å². The lowest BCUT2D eigenvalue weighted by Crippen LogP contribution is -2.66. The Balaban J connectivity index is 2.26. The third kappa shape index (κ3) is 2.04. The molecule has 0 aromatic carbocycles. The molecule has 5 atom stereocenters. The van der Waals surface area contributed by atoms with Gasteiger partial charge in [-0.25, -0.2) is 0 Å². The monoisotopic (exact) mass is 384 g/mol. The van der Waals surface area contributed by atoms with Crippen LogP contribution in [0.15, 0.2) is 12.2 Å². The molecule has 1 saturated heterocycles. The van der Waals surface area contributed by atoms with E-state index in [9.17, 15) is 22.8 Å². The Morgan fingerprint density at radius 3 is 2.08 bits per heavy atom. The average molecular weight is 384 g/mol. The highest BCUT2D eigenvalue weighted by atomic mass is 19.4. The highest BCUT2D eigenvalue weighted by Crippen LogP contribution is 2.69. The molecule has 26 heavy (non-hydrogen) atoms. The number of rotatable bonds is 2. The Bertz CT molecular complexity index is 689. The Kier molecular flexibility index (Phi) is 3.79. The molecule has 1 spiro atoms. The standard InChI is InChI=1S/C16H17F5O5/c1-8(22)24-12(3)13(7-10-4-5-11(13)6-10)26-15(14(12,17)18,16(19,20)21)25-9(2)23/h4-5,10-11H,6-7H2,1-3H3. The maximum absolute atomic E-state index is 15.3. The van der Waals surface area contributed by atoms with E-state index in [1.807, 2.05) is 0 Å². The lowest BCUT2D eigenvalue weighted by Gasteiger charge is -2.43. The van der Waals surface area contributed by atoms with Gasteiger partial charge in [0, 0.05) is 19.8 Å². The Hall–Kier alpha value is -1.71. The summed E-state index contributed by atoms with van der Waals surface area (Å²) in [6, 6.07) is 0. The first kappa shape index (κ1) is 19.1. The van der Waals surface area contributed by atoms with Crippen molar-refractivity contribution in [2.75, 3.05) is 0 Å². The molecule has 1 heterocycles. The topological polar surface area (TPSA) is 61.8 Å². The molecular weight excluding hydrogens is 367 g/mol. The van der Waals surface area contributed by atoms with E-state index in [-0.39, 0.29) is 18.8 Å². The summed E-state index contributed by atoms with van der Waals surface area (Å²) < 4.78 is 85.9. The normalized spacial score (nSPS) is 43.1. The molecule has 146 valence electrons. The van der Waals surface area contributed by atoms with Crippen molar-refractivity contribution in [2.24, 2.45) is 11.8 Å². The van der Waals surface area contributed by atoms with Crippen LogP contribution in [0.1, 0.15) is 33.6 Å². The molecule has 3 rings (SSSR count). The molecule has 0 aromatic rings. The molecule has 5 unspecified atom stereocenters. The van der Waals surface area contributed by atoms with Crippen LogP contribution in [0.5, 0.6) is 0 Å². The van der Waals surface area contributed by atoms with Crippen LogP contribution in [-0.4, -0.2) is 41.0 Å². The van der Waals surface area contributed by atoms with E-state index in [0.717, 1.165) is 6.92 Å². The molecule has 1 aliphatic heterocycles. The van der Waals surface area contributed by atoms with Crippen molar-refractivity contribution in [2.45, 2.75) is 62.7 Å². The maximum atomic E-state index is 15.3. The van der Waals surface area contributed by atoms with E-state index >= 15 is 8.78 Å². The zero-order chi connectivity index (χ0) is 19.8. The maximum Gasteiger partial charge on any atom is 0.462 e. The number of hydrogen-bond acceptors (Lipinski definition) is 5. The average Bonchev–Trinajstić information content (AvgIpc) is 3.07. The molecule has 0 aromatic heterocycles. The number of allylic oxidation sites excluding steroid dienone is 1. The van der Waals surface area contributed by atoms with Crippen LogP contribution in [-0.2, 0) is 23.8 Å². The van der Waals surface area contributed by atoms with Crippen LogP contribution in [0.2, 0.25) is 0 Å². The van der Waals surface area contributed by atoms with E-state index in [1.54, 1.807) is 6.08 Å².